The summed E-state index contributed by atoms with van der Waals surface area (Å²) < 4.78 is 0. The van der Waals surface area contributed by atoms with Gasteiger partial charge in [0.25, 0.3) is 0 Å². The molecule has 1 rings (SSSR count). The zero-order valence-corrected chi connectivity index (χ0v) is 9.89. The van der Waals surface area contributed by atoms with E-state index in [1.54, 1.807) is 0 Å². The van der Waals surface area contributed by atoms with E-state index in [-0.39, 0.29) is 21.7 Å². The summed E-state index contributed by atoms with van der Waals surface area (Å²) in [5.41, 5.74) is 1.27. The van der Waals surface area contributed by atoms with Crippen LogP contribution in [-0.2, 0) is 21.7 Å². The molecule has 0 nitrogen and oxygen atoms in total. The minimum atomic E-state index is 0. The van der Waals surface area contributed by atoms with Gasteiger partial charge in [-0.2, -0.15) is 23.6 Å². The molecule has 0 spiro atoms. The molecule has 0 unspecified atom stereocenters. The Hall–Kier alpha value is -0.196. The molecule has 0 amide bonds. The number of benzene rings is 1. The second-order valence-corrected chi connectivity index (χ2v) is 3.49. The third-order valence-corrected chi connectivity index (χ3v) is 2.06. The molecule has 0 N–H and O–H groups in total. The molecule has 0 aliphatic rings. The maximum absolute atomic E-state index is 4.08. The van der Waals surface area contributed by atoms with E-state index in [0.29, 0.717) is 11.8 Å². The van der Waals surface area contributed by atoms with Crippen molar-refractivity contribution >= 4 is 0 Å². The predicted octanol–water partition coefficient (Wildman–Crippen LogP) is 3.34. The van der Waals surface area contributed by atoms with Gasteiger partial charge >= 0.3 is 21.7 Å². The van der Waals surface area contributed by atoms with E-state index in [0.717, 1.165) is 0 Å². The van der Waals surface area contributed by atoms with Gasteiger partial charge in [-0.1, -0.05) is 25.8 Å². The fourth-order valence-corrected chi connectivity index (χ4v) is 1.00. The third kappa shape index (κ3) is 4.54. The first-order valence-electron chi connectivity index (χ1n) is 4.43. The number of hydrogen-bond donors (Lipinski definition) is 0. The minimum Gasteiger partial charge on any atom is -0.348 e. The summed E-state index contributed by atoms with van der Waals surface area (Å²) >= 11 is 0. The second-order valence-electron chi connectivity index (χ2n) is 3.49. The molecule has 0 saturated carbocycles. The maximum atomic E-state index is 4.08. The van der Waals surface area contributed by atoms with Crippen molar-refractivity contribution in [2.45, 2.75) is 13.8 Å². The summed E-state index contributed by atoms with van der Waals surface area (Å²) in [6, 6.07) is 10.4. The Balaban J connectivity index is 0.00000144. The fraction of sp³-hybridized carbons (Fsp3) is 0.333. The van der Waals surface area contributed by atoms with Gasteiger partial charge in [-0.3, -0.25) is 0 Å². The Morgan fingerprint density at radius 2 is 1.69 bits per heavy atom. The predicted molar refractivity (Wildman–Crippen MR) is 53.5 cm³/mol. The Morgan fingerprint density at radius 1 is 1.15 bits per heavy atom. The average molecular weight is 208 g/mol. The molecule has 0 bridgehead atoms. The fourth-order valence-electron chi connectivity index (χ4n) is 1.00. The zero-order chi connectivity index (χ0) is 8.97. The van der Waals surface area contributed by atoms with Gasteiger partial charge in [0.05, 0.1) is 0 Å². The van der Waals surface area contributed by atoms with Crippen LogP contribution in [0, 0.1) is 25.2 Å². The van der Waals surface area contributed by atoms with Crippen LogP contribution in [0.4, 0.5) is 0 Å². The molecule has 0 aromatic heterocycles. The molecule has 0 fully saturated rings. The first-order chi connectivity index (χ1) is 5.70. The summed E-state index contributed by atoms with van der Waals surface area (Å²) in [5, 5.41) is 0. The van der Waals surface area contributed by atoms with E-state index >= 15 is 0 Å². The number of rotatable bonds is 3. The van der Waals surface area contributed by atoms with Crippen molar-refractivity contribution in [3.63, 3.8) is 0 Å². The summed E-state index contributed by atoms with van der Waals surface area (Å²) in [5.74, 6) is 1.03. The Bertz CT molecular complexity index is 216. The molecule has 13 heavy (non-hydrogen) atoms. The average Bonchev–Trinajstić information content (AvgIpc) is 2.06. The van der Waals surface area contributed by atoms with E-state index < -0.39 is 0 Å². The molecule has 68 valence electrons. The molecule has 1 heteroatoms. The zero-order valence-electron chi connectivity index (χ0n) is 8.33. The van der Waals surface area contributed by atoms with Crippen molar-refractivity contribution in [3.8, 4) is 0 Å². The third-order valence-electron chi connectivity index (χ3n) is 2.06. The van der Waals surface area contributed by atoms with Crippen LogP contribution in [0.15, 0.2) is 30.3 Å². The molecule has 0 aliphatic carbocycles. The van der Waals surface area contributed by atoms with Gasteiger partial charge in [0.15, 0.2) is 0 Å². The molecular formula is C12H16Ti. The summed E-state index contributed by atoms with van der Waals surface area (Å²) in [6.45, 7) is 8.46. The van der Waals surface area contributed by atoms with E-state index in [2.05, 4.69) is 51.5 Å². The van der Waals surface area contributed by atoms with Crippen molar-refractivity contribution in [1.29, 1.82) is 0 Å². The van der Waals surface area contributed by atoms with Gasteiger partial charge in [-0.05, 0) is 0 Å². The van der Waals surface area contributed by atoms with Gasteiger partial charge in [-0.25, -0.2) is 6.42 Å². The molecule has 1 aromatic carbocycles. The summed E-state index contributed by atoms with van der Waals surface area (Å²) in [6.07, 6.45) is 2.21. The summed E-state index contributed by atoms with van der Waals surface area (Å²) in [7, 11) is 0. The van der Waals surface area contributed by atoms with Crippen LogP contribution in [0.25, 0.3) is 0 Å². The van der Waals surface area contributed by atoms with Crippen LogP contribution in [0.1, 0.15) is 19.4 Å². The van der Waals surface area contributed by atoms with Crippen LogP contribution >= 0.6 is 0 Å². The normalized spacial score (nSPS) is 12.0. The smallest absolute Gasteiger partial charge is 0.348 e. The van der Waals surface area contributed by atoms with Gasteiger partial charge < -0.3 is 6.92 Å². The van der Waals surface area contributed by atoms with Crippen LogP contribution in [-0.4, -0.2) is 0 Å². The molecule has 1 atom stereocenters. The van der Waals surface area contributed by atoms with Gasteiger partial charge in [-0.15, -0.1) is 12.1 Å². The maximum Gasteiger partial charge on any atom is 2.00 e. The summed E-state index contributed by atoms with van der Waals surface area (Å²) in [4.78, 5) is 0. The van der Waals surface area contributed by atoms with E-state index in [1.165, 1.54) is 5.56 Å². The van der Waals surface area contributed by atoms with Crippen molar-refractivity contribution < 1.29 is 21.7 Å². The molecule has 1 aromatic rings. The van der Waals surface area contributed by atoms with Crippen molar-refractivity contribution in [2.75, 3.05) is 0 Å². The molecule has 0 heterocycles. The van der Waals surface area contributed by atoms with Gasteiger partial charge in [0, 0.05) is 0 Å². The van der Waals surface area contributed by atoms with Crippen molar-refractivity contribution in [3.05, 3.63) is 49.2 Å². The van der Waals surface area contributed by atoms with E-state index in [9.17, 15) is 0 Å². The topological polar surface area (TPSA) is 0 Å². The van der Waals surface area contributed by atoms with Crippen LogP contribution in [0.5, 0.6) is 0 Å². The molecule has 0 radical (unpaired) electrons. The Labute approximate surface area is 96.6 Å². The Morgan fingerprint density at radius 3 is 2.15 bits per heavy atom. The van der Waals surface area contributed by atoms with E-state index in [1.807, 2.05) is 6.07 Å². The molecule has 0 saturated heterocycles. The van der Waals surface area contributed by atoms with Crippen LogP contribution in [0.3, 0.4) is 0 Å². The SMILES string of the molecule is [CH2-][C@H]([CH-]c1ccccc1)C(C)C.[Ti+2]. The number of hydrogen-bond acceptors (Lipinski definition) is 0. The second kappa shape index (κ2) is 6.29. The van der Waals surface area contributed by atoms with Crippen LogP contribution in [0.2, 0.25) is 0 Å². The molecular weight excluding hydrogens is 192 g/mol. The quantitative estimate of drug-likeness (QED) is 0.527. The minimum absolute atomic E-state index is 0. The van der Waals surface area contributed by atoms with Crippen molar-refractivity contribution in [2.24, 2.45) is 11.8 Å². The first kappa shape index (κ1) is 12.8. The largest absolute Gasteiger partial charge is 2.00 e. The van der Waals surface area contributed by atoms with Crippen molar-refractivity contribution in [1.82, 2.24) is 0 Å². The van der Waals surface area contributed by atoms with Crippen LogP contribution < -0.4 is 0 Å². The van der Waals surface area contributed by atoms with Gasteiger partial charge in [0.2, 0.25) is 0 Å². The molecule has 0 aliphatic heterocycles. The van der Waals surface area contributed by atoms with E-state index in [4.69, 9.17) is 0 Å². The van der Waals surface area contributed by atoms with Gasteiger partial charge in [0.1, 0.15) is 0 Å². The monoisotopic (exact) mass is 208 g/mol. The standard InChI is InChI=1S/C12H16.Ti/c1-10(2)11(3)9-12-7-5-4-6-8-12;/h4-11H,3H2,1-2H3;/q-2;+2/t11-;/m1./s1. The Kier molecular flexibility index (Phi) is 6.19. The first-order valence-corrected chi connectivity index (χ1v) is 4.43.